The number of hydrogen-bond donors (Lipinski definition) is 1. The highest BCUT2D eigenvalue weighted by Gasteiger charge is 2.37. The number of fused-ring (bicyclic) bond motifs is 2. The largest absolute Gasteiger partial charge is 0.478 e. The van der Waals surface area contributed by atoms with Gasteiger partial charge in [0, 0.05) is 0 Å². The number of benzene rings is 2. The third-order valence-corrected chi connectivity index (χ3v) is 6.93. The van der Waals surface area contributed by atoms with E-state index in [9.17, 15) is 9.90 Å². The summed E-state index contributed by atoms with van der Waals surface area (Å²) in [6.07, 6.45) is 6.67. The minimum absolute atomic E-state index is 0.204. The van der Waals surface area contributed by atoms with Crippen molar-refractivity contribution in [1.29, 1.82) is 0 Å². The van der Waals surface area contributed by atoms with Gasteiger partial charge < -0.3 is 5.11 Å². The molecule has 1 N–H and O–H groups in total. The molecule has 28 heavy (non-hydrogen) atoms. The maximum Gasteiger partial charge on any atom is 0.335 e. The molecule has 0 atom stereocenters. The van der Waals surface area contributed by atoms with Gasteiger partial charge in [0.1, 0.15) is 0 Å². The minimum atomic E-state index is -0.851. The zero-order valence-corrected chi connectivity index (χ0v) is 17.6. The second kappa shape index (κ2) is 6.34. The van der Waals surface area contributed by atoms with Crippen molar-refractivity contribution >= 4 is 17.6 Å². The number of carboxylic acid groups (broad SMARTS) is 1. The lowest BCUT2D eigenvalue weighted by molar-refractivity contribution is 0.0697. The van der Waals surface area contributed by atoms with Crippen LogP contribution < -0.4 is 0 Å². The van der Waals surface area contributed by atoms with Gasteiger partial charge in [-0.1, -0.05) is 52.0 Å². The molecule has 2 nitrogen and oxygen atoms in total. The van der Waals surface area contributed by atoms with Crippen molar-refractivity contribution in [3.05, 3.63) is 69.3 Å². The summed E-state index contributed by atoms with van der Waals surface area (Å²) in [5.41, 5.74) is 10.1. The van der Waals surface area contributed by atoms with Gasteiger partial charge in [0.2, 0.25) is 0 Å². The SMILES string of the molecule is Cc1cc2c(cc1C=C1CCc3cc(C(=O)O)ccc31)C(C)(C)CCC2(C)C. The van der Waals surface area contributed by atoms with Crippen LogP contribution in [0.15, 0.2) is 30.3 Å². The first kappa shape index (κ1) is 19.0. The lowest BCUT2D eigenvalue weighted by Gasteiger charge is -2.42. The van der Waals surface area contributed by atoms with Crippen molar-refractivity contribution in [1.82, 2.24) is 0 Å². The van der Waals surface area contributed by atoms with Crippen molar-refractivity contribution in [2.24, 2.45) is 0 Å². The number of allylic oxidation sites excluding steroid dienone is 1. The molecule has 2 heteroatoms. The Morgan fingerprint density at radius 3 is 2.25 bits per heavy atom. The van der Waals surface area contributed by atoms with Crippen LogP contribution in [0.3, 0.4) is 0 Å². The Bertz CT molecular complexity index is 1010. The quantitative estimate of drug-likeness (QED) is 0.649. The highest BCUT2D eigenvalue weighted by Crippen LogP contribution is 2.47. The zero-order chi connectivity index (χ0) is 20.3. The molecule has 0 fully saturated rings. The molecule has 2 aliphatic rings. The number of rotatable bonds is 2. The highest BCUT2D eigenvalue weighted by atomic mass is 16.4. The van der Waals surface area contributed by atoms with Crippen molar-refractivity contribution in [3.63, 3.8) is 0 Å². The van der Waals surface area contributed by atoms with Crippen LogP contribution in [0.1, 0.15) is 90.7 Å². The van der Waals surface area contributed by atoms with E-state index in [1.807, 2.05) is 12.1 Å². The lowest BCUT2D eigenvalue weighted by Crippen LogP contribution is -2.34. The van der Waals surface area contributed by atoms with Crippen LogP contribution in [0.5, 0.6) is 0 Å². The molecule has 146 valence electrons. The Hall–Kier alpha value is -2.35. The number of carbonyl (C=O) groups is 1. The minimum Gasteiger partial charge on any atom is -0.478 e. The van der Waals surface area contributed by atoms with E-state index in [1.165, 1.54) is 46.2 Å². The van der Waals surface area contributed by atoms with Gasteiger partial charge >= 0.3 is 5.97 Å². The standard InChI is InChI=1S/C26H30O2/c1-16-12-22-23(26(4,5)11-10-25(22,2)3)15-20(16)14-18-7-6-17-13-19(24(27)28)8-9-21(17)18/h8-9,12-15H,6-7,10-11H2,1-5H3,(H,27,28). The van der Waals surface area contributed by atoms with Crippen molar-refractivity contribution < 1.29 is 9.90 Å². The van der Waals surface area contributed by atoms with E-state index < -0.39 is 5.97 Å². The predicted octanol–water partition coefficient (Wildman–Crippen LogP) is 6.53. The summed E-state index contributed by atoms with van der Waals surface area (Å²) in [5.74, 6) is -0.851. The summed E-state index contributed by atoms with van der Waals surface area (Å²) in [4.78, 5) is 11.3. The molecule has 0 saturated heterocycles. The van der Waals surface area contributed by atoms with Crippen molar-refractivity contribution in [3.8, 4) is 0 Å². The van der Waals surface area contributed by atoms with Gasteiger partial charge in [0.15, 0.2) is 0 Å². The first-order chi connectivity index (χ1) is 13.1. The van der Waals surface area contributed by atoms with E-state index in [0.29, 0.717) is 5.56 Å². The molecular formula is C26H30O2. The molecule has 0 radical (unpaired) electrons. The summed E-state index contributed by atoms with van der Waals surface area (Å²) in [5, 5.41) is 9.24. The fourth-order valence-electron chi connectivity index (χ4n) is 4.88. The predicted molar refractivity (Wildman–Crippen MR) is 116 cm³/mol. The summed E-state index contributed by atoms with van der Waals surface area (Å²) in [6, 6.07) is 10.4. The van der Waals surface area contributed by atoms with E-state index in [0.717, 1.165) is 18.4 Å². The fraction of sp³-hybridized carbons (Fsp3) is 0.423. The first-order valence-corrected chi connectivity index (χ1v) is 10.3. The van der Waals surface area contributed by atoms with Gasteiger partial charge in [-0.05, 0) is 94.5 Å². The van der Waals surface area contributed by atoms with Gasteiger partial charge in [-0.15, -0.1) is 0 Å². The molecular weight excluding hydrogens is 344 g/mol. The average molecular weight is 375 g/mol. The molecule has 0 heterocycles. The Kier molecular flexibility index (Phi) is 4.30. The smallest absolute Gasteiger partial charge is 0.335 e. The van der Waals surface area contributed by atoms with Crippen LogP contribution in [-0.4, -0.2) is 11.1 Å². The summed E-state index contributed by atoms with van der Waals surface area (Å²) < 4.78 is 0. The monoisotopic (exact) mass is 374 g/mol. The second-order valence-corrected chi connectivity index (χ2v) is 9.87. The summed E-state index contributed by atoms with van der Waals surface area (Å²) >= 11 is 0. The molecule has 0 bridgehead atoms. The fourth-order valence-corrected chi connectivity index (χ4v) is 4.88. The molecule has 0 saturated carbocycles. The number of aryl methyl sites for hydroxylation is 2. The third-order valence-electron chi connectivity index (χ3n) is 6.93. The van der Waals surface area contributed by atoms with Crippen LogP contribution in [0.4, 0.5) is 0 Å². The Balaban J connectivity index is 1.80. The molecule has 0 aromatic heterocycles. The normalized spacial score (nSPS) is 20.7. The van der Waals surface area contributed by atoms with Gasteiger partial charge in [0.05, 0.1) is 5.56 Å². The summed E-state index contributed by atoms with van der Waals surface area (Å²) in [6.45, 7) is 11.7. The number of aromatic carboxylic acids is 1. The number of carboxylic acids is 1. The molecule has 0 spiro atoms. The average Bonchev–Trinajstić information content (AvgIpc) is 3.02. The molecule has 0 amide bonds. The molecule has 2 aromatic rings. The highest BCUT2D eigenvalue weighted by molar-refractivity contribution is 5.91. The van der Waals surface area contributed by atoms with Crippen LogP contribution in [0.25, 0.3) is 11.6 Å². The zero-order valence-electron chi connectivity index (χ0n) is 17.6. The Morgan fingerprint density at radius 1 is 0.964 bits per heavy atom. The molecule has 4 rings (SSSR count). The van der Waals surface area contributed by atoms with E-state index in [-0.39, 0.29) is 10.8 Å². The second-order valence-electron chi connectivity index (χ2n) is 9.87. The summed E-state index contributed by atoms with van der Waals surface area (Å²) in [7, 11) is 0. The molecule has 0 aliphatic heterocycles. The van der Waals surface area contributed by atoms with E-state index in [2.05, 4.69) is 52.8 Å². The first-order valence-electron chi connectivity index (χ1n) is 10.3. The third kappa shape index (κ3) is 3.09. The van der Waals surface area contributed by atoms with Crippen molar-refractivity contribution in [2.45, 2.75) is 71.1 Å². The van der Waals surface area contributed by atoms with E-state index in [1.54, 1.807) is 6.07 Å². The van der Waals surface area contributed by atoms with Gasteiger partial charge in [0.25, 0.3) is 0 Å². The van der Waals surface area contributed by atoms with Crippen molar-refractivity contribution in [2.75, 3.05) is 0 Å². The van der Waals surface area contributed by atoms with Gasteiger partial charge in [-0.2, -0.15) is 0 Å². The van der Waals surface area contributed by atoms with Crippen LogP contribution >= 0.6 is 0 Å². The Labute approximate surface area is 168 Å². The van der Waals surface area contributed by atoms with E-state index >= 15 is 0 Å². The number of hydrogen-bond acceptors (Lipinski definition) is 1. The molecule has 2 aliphatic carbocycles. The van der Waals surface area contributed by atoms with Crippen LogP contribution in [0.2, 0.25) is 0 Å². The topological polar surface area (TPSA) is 37.3 Å². The van der Waals surface area contributed by atoms with Crippen LogP contribution in [-0.2, 0) is 17.3 Å². The van der Waals surface area contributed by atoms with Crippen LogP contribution in [0, 0.1) is 6.92 Å². The molecule has 0 unspecified atom stereocenters. The molecule has 2 aromatic carbocycles. The lowest BCUT2D eigenvalue weighted by atomic mass is 9.62. The Morgan fingerprint density at radius 2 is 1.61 bits per heavy atom. The van der Waals surface area contributed by atoms with E-state index in [4.69, 9.17) is 0 Å². The van der Waals surface area contributed by atoms with Gasteiger partial charge in [-0.25, -0.2) is 4.79 Å². The maximum atomic E-state index is 11.3. The van der Waals surface area contributed by atoms with Gasteiger partial charge in [-0.3, -0.25) is 0 Å². The maximum absolute atomic E-state index is 11.3.